The number of benzene rings is 1. The lowest BCUT2D eigenvalue weighted by molar-refractivity contribution is 0.00870. The van der Waals surface area contributed by atoms with E-state index in [0.717, 1.165) is 19.5 Å². The first kappa shape index (κ1) is 14.8. The maximum atomic E-state index is 10.2. The molecule has 1 saturated carbocycles. The molecule has 1 aromatic carbocycles. The smallest absolute Gasteiger partial charge is 0.0695 e. The third-order valence-corrected chi connectivity index (χ3v) is 5.68. The topological polar surface area (TPSA) is 23.5 Å². The van der Waals surface area contributed by atoms with Gasteiger partial charge in [0.25, 0.3) is 0 Å². The summed E-state index contributed by atoms with van der Waals surface area (Å²) in [4.78, 5) is 2.55. The van der Waals surface area contributed by atoms with Crippen LogP contribution in [0, 0.1) is 3.57 Å². The number of rotatable bonds is 2. The molecule has 1 aromatic rings. The summed E-state index contributed by atoms with van der Waals surface area (Å²) in [5.41, 5.74) is 1.50. The van der Waals surface area contributed by atoms with Gasteiger partial charge in [-0.15, -0.1) is 0 Å². The van der Waals surface area contributed by atoms with Gasteiger partial charge in [0, 0.05) is 9.61 Å². The van der Waals surface area contributed by atoms with Crippen molar-refractivity contribution in [2.45, 2.75) is 56.6 Å². The fourth-order valence-electron chi connectivity index (χ4n) is 3.84. The number of nitrogens with zero attached hydrogens (tertiary/aromatic N) is 1. The Kier molecular flexibility index (Phi) is 5.00. The second-order valence-electron chi connectivity index (χ2n) is 6.28. The van der Waals surface area contributed by atoms with Crippen molar-refractivity contribution in [1.29, 1.82) is 0 Å². The zero-order valence-corrected chi connectivity index (χ0v) is 14.1. The molecule has 1 unspecified atom stereocenters. The van der Waals surface area contributed by atoms with Crippen molar-refractivity contribution >= 4 is 22.6 Å². The van der Waals surface area contributed by atoms with Gasteiger partial charge in [0.2, 0.25) is 0 Å². The van der Waals surface area contributed by atoms with Crippen molar-refractivity contribution in [3.05, 3.63) is 33.4 Å². The quantitative estimate of drug-likeness (QED) is 0.784. The van der Waals surface area contributed by atoms with E-state index >= 15 is 0 Å². The molecule has 2 fully saturated rings. The highest BCUT2D eigenvalue weighted by Crippen LogP contribution is 2.32. The summed E-state index contributed by atoms with van der Waals surface area (Å²) in [6, 6.07) is 9.38. The number of likely N-dealkylation sites (tertiary alicyclic amines) is 1. The van der Waals surface area contributed by atoms with Gasteiger partial charge in [-0.25, -0.2) is 0 Å². The molecule has 1 aliphatic heterocycles. The Balaban J connectivity index is 1.59. The Labute approximate surface area is 135 Å². The van der Waals surface area contributed by atoms with Crippen LogP contribution in [0.15, 0.2) is 24.3 Å². The Morgan fingerprint density at radius 3 is 2.50 bits per heavy atom. The molecule has 1 saturated heterocycles. The summed E-state index contributed by atoms with van der Waals surface area (Å²) >= 11 is 2.40. The highest BCUT2D eigenvalue weighted by Gasteiger charge is 2.31. The van der Waals surface area contributed by atoms with E-state index in [1.807, 2.05) is 0 Å². The predicted octanol–water partition coefficient (Wildman–Crippen LogP) is 3.77. The van der Waals surface area contributed by atoms with Crippen LogP contribution in [-0.4, -0.2) is 35.2 Å². The zero-order chi connectivity index (χ0) is 13.9. The van der Waals surface area contributed by atoms with E-state index in [-0.39, 0.29) is 6.10 Å². The van der Waals surface area contributed by atoms with Crippen molar-refractivity contribution in [3.8, 4) is 0 Å². The van der Waals surface area contributed by atoms with Gasteiger partial charge in [0.1, 0.15) is 0 Å². The second kappa shape index (κ2) is 6.75. The van der Waals surface area contributed by atoms with Gasteiger partial charge in [-0.3, -0.25) is 4.90 Å². The summed E-state index contributed by atoms with van der Waals surface area (Å²) in [7, 11) is 0. The average molecular weight is 385 g/mol. The minimum absolute atomic E-state index is 0.0852. The maximum Gasteiger partial charge on any atom is 0.0695 e. The second-order valence-corrected chi connectivity index (χ2v) is 7.53. The first-order valence-corrected chi connectivity index (χ1v) is 8.99. The molecule has 3 heteroatoms. The number of piperidine rings is 1. The fraction of sp³-hybridized carbons (Fsp3) is 0.647. The normalized spacial score (nSPS) is 29.5. The molecule has 0 aromatic heterocycles. The van der Waals surface area contributed by atoms with E-state index in [0.29, 0.717) is 12.0 Å². The van der Waals surface area contributed by atoms with Crippen LogP contribution >= 0.6 is 22.6 Å². The molecule has 20 heavy (non-hydrogen) atoms. The minimum Gasteiger partial charge on any atom is -0.391 e. The van der Waals surface area contributed by atoms with Crippen LogP contribution in [0.4, 0.5) is 0 Å². The molecule has 2 nitrogen and oxygen atoms in total. The van der Waals surface area contributed by atoms with Gasteiger partial charge in [0.05, 0.1) is 6.10 Å². The Morgan fingerprint density at radius 2 is 1.80 bits per heavy atom. The highest BCUT2D eigenvalue weighted by molar-refractivity contribution is 14.1. The summed E-state index contributed by atoms with van der Waals surface area (Å²) in [6.45, 7) is 2.30. The zero-order valence-electron chi connectivity index (χ0n) is 12.0. The lowest BCUT2D eigenvalue weighted by Crippen LogP contribution is -2.48. The van der Waals surface area contributed by atoms with Gasteiger partial charge in [-0.2, -0.15) is 0 Å². The standard InChI is InChI=1S/C17H24INO/c18-15-5-3-4-14(12-15)13-8-10-19(11-9-13)16-6-1-2-7-17(16)20/h3-5,12-13,16-17,20H,1-2,6-11H2/t16?,17-/m1/s1. The predicted molar refractivity (Wildman–Crippen MR) is 91.0 cm³/mol. The summed E-state index contributed by atoms with van der Waals surface area (Å²) in [5.74, 6) is 0.710. The molecule has 1 aliphatic carbocycles. The van der Waals surface area contributed by atoms with Crippen molar-refractivity contribution in [2.75, 3.05) is 13.1 Å². The van der Waals surface area contributed by atoms with Gasteiger partial charge in [0.15, 0.2) is 0 Å². The lowest BCUT2D eigenvalue weighted by Gasteiger charge is -2.41. The molecular formula is C17H24INO. The number of halogens is 1. The van der Waals surface area contributed by atoms with Crippen molar-refractivity contribution in [1.82, 2.24) is 4.90 Å². The van der Waals surface area contributed by atoms with Crippen LogP contribution in [-0.2, 0) is 0 Å². The number of aliphatic hydroxyl groups excluding tert-OH is 1. The molecule has 3 rings (SSSR count). The third kappa shape index (κ3) is 3.37. The molecule has 1 N–H and O–H groups in total. The molecule has 110 valence electrons. The monoisotopic (exact) mass is 385 g/mol. The Morgan fingerprint density at radius 1 is 1.05 bits per heavy atom. The van der Waals surface area contributed by atoms with E-state index in [2.05, 4.69) is 51.8 Å². The molecule has 0 spiro atoms. The number of aliphatic hydroxyl groups is 1. The molecular weight excluding hydrogens is 361 g/mol. The number of hydrogen-bond donors (Lipinski definition) is 1. The van der Waals surface area contributed by atoms with E-state index in [4.69, 9.17) is 0 Å². The molecule has 0 bridgehead atoms. The van der Waals surface area contributed by atoms with Gasteiger partial charge < -0.3 is 5.11 Å². The highest BCUT2D eigenvalue weighted by atomic mass is 127. The summed E-state index contributed by atoms with van der Waals surface area (Å²) in [5, 5.41) is 10.2. The third-order valence-electron chi connectivity index (χ3n) is 5.01. The van der Waals surface area contributed by atoms with Crippen LogP contribution in [0.1, 0.15) is 50.0 Å². The van der Waals surface area contributed by atoms with Gasteiger partial charge in [-0.1, -0.05) is 25.0 Å². The van der Waals surface area contributed by atoms with E-state index in [1.165, 1.54) is 41.2 Å². The average Bonchev–Trinajstić information content (AvgIpc) is 2.48. The molecule has 0 radical (unpaired) electrons. The van der Waals surface area contributed by atoms with E-state index in [9.17, 15) is 5.11 Å². The summed E-state index contributed by atoms with van der Waals surface area (Å²) < 4.78 is 1.34. The fourth-order valence-corrected chi connectivity index (χ4v) is 4.41. The van der Waals surface area contributed by atoms with Crippen molar-refractivity contribution in [3.63, 3.8) is 0 Å². The van der Waals surface area contributed by atoms with Gasteiger partial charge in [-0.05, 0) is 85.0 Å². The maximum absolute atomic E-state index is 10.2. The molecule has 2 atom stereocenters. The largest absolute Gasteiger partial charge is 0.391 e. The van der Waals surface area contributed by atoms with Crippen molar-refractivity contribution < 1.29 is 5.11 Å². The number of hydrogen-bond acceptors (Lipinski definition) is 2. The summed E-state index contributed by atoms with van der Waals surface area (Å²) in [6.07, 6.45) is 7.08. The Bertz CT molecular complexity index is 442. The molecule has 2 aliphatic rings. The van der Waals surface area contributed by atoms with E-state index in [1.54, 1.807) is 0 Å². The molecule has 0 amide bonds. The minimum atomic E-state index is -0.0852. The van der Waals surface area contributed by atoms with Crippen LogP contribution in [0.5, 0.6) is 0 Å². The van der Waals surface area contributed by atoms with Crippen LogP contribution in [0.2, 0.25) is 0 Å². The van der Waals surface area contributed by atoms with Gasteiger partial charge >= 0.3 is 0 Å². The SMILES string of the molecule is O[C@@H]1CCCCC1N1CCC(c2cccc(I)c2)CC1. The van der Waals surface area contributed by atoms with E-state index < -0.39 is 0 Å². The lowest BCUT2D eigenvalue weighted by atomic mass is 9.86. The van der Waals surface area contributed by atoms with Crippen LogP contribution < -0.4 is 0 Å². The first-order valence-electron chi connectivity index (χ1n) is 7.91. The van der Waals surface area contributed by atoms with Crippen molar-refractivity contribution in [2.24, 2.45) is 0 Å². The molecule has 1 heterocycles. The first-order chi connectivity index (χ1) is 9.74. The van der Waals surface area contributed by atoms with Crippen LogP contribution in [0.3, 0.4) is 0 Å². The Hall–Kier alpha value is -0.130. The van der Waals surface area contributed by atoms with Crippen LogP contribution in [0.25, 0.3) is 0 Å².